The van der Waals surface area contributed by atoms with Crippen molar-refractivity contribution in [2.24, 2.45) is 10.9 Å². The second-order valence-corrected chi connectivity index (χ2v) is 4.58. The normalized spacial score (nSPS) is 16.8. The molecule has 2 rings (SSSR count). The van der Waals surface area contributed by atoms with Crippen LogP contribution in [0.4, 0.5) is 5.69 Å². The minimum absolute atomic E-state index is 0.697. The van der Waals surface area contributed by atoms with E-state index in [9.17, 15) is 4.79 Å². The lowest BCUT2D eigenvalue weighted by Gasteiger charge is -2.21. The molecule has 2 heteroatoms. The molecular formula is C14H17NO. The molecule has 1 aliphatic rings. The van der Waals surface area contributed by atoms with E-state index in [1.807, 2.05) is 12.1 Å². The van der Waals surface area contributed by atoms with E-state index in [1.54, 1.807) is 6.08 Å². The van der Waals surface area contributed by atoms with Crippen LogP contribution in [-0.2, 0) is 11.2 Å². The summed E-state index contributed by atoms with van der Waals surface area (Å²) in [5.74, 6) is 0.856. The van der Waals surface area contributed by atoms with Gasteiger partial charge in [0, 0.05) is 0 Å². The lowest BCUT2D eigenvalue weighted by atomic mass is 9.85. The van der Waals surface area contributed by atoms with Crippen molar-refractivity contribution >= 4 is 11.8 Å². The molecule has 0 spiro atoms. The maximum atomic E-state index is 10.1. The zero-order valence-corrected chi connectivity index (χ0v) is 9.48. The molecule has 1 fully saturated rings. The summed E-state index contributed by atoms with van der Waals surface area (Å²) in [6.07, 6.45) is 9.65. The first-order valence-electron chi connectivity index (χ1n) is 6.05. The molecule has 0 aliphatic heterocycles. The van der Waals surface area contributed by atoms with Gasteiger partial charge in [-0.05, 0) is 30.0 Å². The third-order valence-corrected chi connectivity index (χ3v) is 3.36. The van der Waals surface area contributed by atoms with Crippen LogP contribution < -0.4 is 0 Å². The summed E-state index contributed by atoms with van der Waals surface area (Å²) in [5.41, 5.74) is 2.05. The van der Waals surface area contributed by atoms with Crippen molar-refractivity contribution in [3.63, 3.8) is 0 Å². The van der Waals surface area contributed by atoms with Gasteiger partial charge in [0.25, 0.3) is 0 Å². The van der Waals surface area contributed by atoms with Gasteiger partial charge in [0.1, 0.15) is 0 Å². The van der Waals surface area contributed by atoms with Gasteiger partial charge in [-0.3, -0.25) is 0 Å². The summed E-state index contributed by atoms with van der Waals surface area (Å²) in [6, 6.07) is 7.93. The highest BCUT2D eigenvalue weighted by atomic mass is 16.1. The minimum Gasteiger partial charge on any atom is -0.211 e. The molecule has 1 saturated carbocycles. The van der Waals surface area contributed by atoms with E-state index in [-0.39, 0.29) is 0 Å². The van der Waals surface area contributed by atoms with E-state index in [0.717, 1.165) is 5.92 Å². The van der Waals surface area contributed by atoms with Crippen LogP contribution in [0.5, 0.6) is 0 Å². The van der Waals surface area contributed by atoms with Crippen molar-refractivity contribution in [1.82, 2.24) is 0 Å². The zero-order chi connectivity index (χ0) is 11.2. The van der Waals surface area contributed by atoms with Crippen molar-refractivity contribution < 1.29 is 4.79 Å². The molecule has 0 atom stereocenters. The summed E-state index contributed by atoms with van der Waals surface area (Å²) >= 11 is 0. The van der Waals surface area contributed by atoms with Crippen LogP contribution >= 0.6 is 0 Å². The molecular weight excluding hydrogens is 198 g/mol. The summed E-state index contributed by atoms with van der Waals surface area (Å²) < 4.78 is 0. The Hall–Kier alpha value is -1.40. The molecule has 0 amide bonds. The third-order valence-electron chi connectivity index (χ3n) is 3.36. The van der Waals surface area contributed by atoms with Crippen molar-refractivity contribution in [2.75, 3.05) is 0 Å². The van der Waals surface area contributed by atoms with Gasteiger partial charge in [-0.15, -0.1) is 0 Å². The standard InChI is InChI=1S/C14H17NO/c16-11-15-14-8-6-13(7-9-14)10-12-4-2-1-3-5-12/h6-9,12H,1-5,10H2. The first-order valence-corrected chi connectivity index (χ1v) is 6.05. The molecule has 84 valence electrons. The maximum absolute atomic E-state index is 10.1. The highest BCUT2D eigenvalue weighted by Crippen LogP contribution is 2.27. The fraction of sp³-hybridized carbons (Fsp3) is 0.500. The van der Waals surface area contributed by atoms with Crippen LogP contribution in [-0.4, -0.2) is 6.08 Å². The highest BCUT2D eigenvalue weighted by molar-refractivity contribution is 5.49. The second-order valence-electron chi connectivity index (χ2n) is 4.58. The van der Waals surface area contributed by atoms with E-state index in [1.165, 1.54) is 44.1 Å². The van der Waals surface area contributed by atoms with Crippen LogP contribution in [0.3, 0.4) is 0 Å². The number of aliphatic imine (C=N–C) groups is 1. The Labute approximate surface area is 96.4 Å². The van der Waals surface area contributed by atoms with E-state index >= 15 is 0 Å². The maximum Gasteiger partial charge on any atom is 0.240 e. The van der Waals surface area contributed by atoms with Gasteiger partial charge >= 0.3 is 0 Å². The van der Waals surface area contributed by atoms with Gasteiger partial charge in [0.2, 0.25) is 6.08 Å². The van der Waals surface area contributed by atoms with Crippen molar-refractivity contribution in [2.45, 2.75) is 38.5 Å². The monoisotopic (exact) mass is 215 g/mol. The smallest absolute Gasteiger partial charge is 0.211 e. The lowest BCUT2D eigenvalue weighted by Crippen LogP contribution is -2.08. The van der Waals surface area contributed by atoms with Crippen LogP contribution in [0.1, 0.15) is 37.7 Å². The van der Waals surface area contributed by atoms with Crippen LogP contribution in [0.25, 0.3) is 0 Å². The SMILES string of the molecule is O=C=Nc1ccc(CC2CCCCC2)cc1. The Bertz CT molecular complexity index is 370. The fourth-order valence-electron chi connectivity index (χ4n) is 2.48. The van der Waals surface area contributed by atoms with Crippen LogP contribution in [0, 0.1) is 5.92 Å². The van der Waals surface area contributed by atoms with Gasteiger partial charge in [-0.25, -0.2) is 4.79 Å². The molecule has 0 bridgehead atoms. The summed E-state index contributed by atoms with van der Waals surface area (Å²) in [6.45, 7) is 0. The molecule has 1 aromatic rings. The van der Waals surface area contributed by atoms with Gasteiger partial charge in [0.05, 0.1) is 5.69 Å². The highest BCUT2D eigenvalue weighted by Gasteiger charge is 2.13. The average Bonchev–Trinajstić information content (AvgIpc) is 2.33. The molecule has 0 saturated heterocycles. The average molecular weight is 215 g/mol. The first-order chi connectivity index (χ1) is 7.88. The minimum atomic E-state index is 0.697. The molecule has 1 aromatic carbocycles. The molecule has 0 aromatic heterocycles. The Morgan fingerprint density at radius 3 is 2.44 bits per heavy atom. The van der Waals surface area contributed by atoms with Gasteiger partial charge in [-0.1, -0.05) is 44.2 Å². The van der Waals surface area contributed by atoms with Crippen molar-refractivity contribution in [1.29, 1.82) is 0 Å². The van der Waals surface area contributed by atoms with E-state index < -0.39 is 0 Å². The third kappa shape index (κ3) is 3.04. The van der Waals surface area contributed by atoms with Crippen molar-refractivity contribution in [3.05, 3.63) is 29.8 Å². The van der Waals surface area contributed by atoms with E-state index in [4.69, 9.17) is 0 Å². The predicted molar refractivity (Wildman–Crippen MR) is 64.5 cm³/mol. The molecule has 1 aliphatic carbocycles. The Balaban J connectivity index is 1.96. The van der Waals surface area contributed by atoms with Crippen molar-refractivity contribution in [3.8, 4) is 0 Å². The predicted octanol–water partition coefficient (Wildman–Crippen LogP) is 3.78. The fourth-order valence-corrected chi connectivity index (χ4v) is 2.48. The molecule has 0 radical (unpaired) electrons. The van der Waals surface area contributed by atoms with Crippen LogP contribution in [0.15, 0.2) is 29.3 Å². The van der Waals surface area contributed by atoms with E-state index in [2.05, 4.69) is 17.1 Å². The van der Waals surface area contributed by atoms with E-state index in [0.29, 0.717) is 5.69 Å². The Morgan fingerprint density at radius 2 is 1.81 bits per heavy atom. The van der Waals surface area contributed by atoms with Gasteiger partial charge < -0.3 is 0 Å². The lowest BCUT2D eigenvalue weighted by molar-refractivity contribution is 0.356. The summed E-state index contributed by atoms with van der Waals surface area (Å²) in [7, 11) is 0. The quantitative estimate of drug-likeness (QED) is 0.557. The number of rotatable bonds is 3. The number of carbonyl (C=O) groups excluding carboxylic acids is 1. The first kappa shape index (κ1) is 11.1. The number of hydrogen-bond acceptors (Lipinski definition) is 2. The molecule has 2 nitrogen and oxygen atoms in total. The topological polar surface area (TPSA) is 29.4 Å². The molecule has 0 heterocycles. The largest absolute Gasteiger partial charge is 0.240 e. The Kier molecular flexibility index (Phi) is 3.90. The number of nitrogens with zero attached hydrogens (tertiary/aromatic N) is 1. The number of benzene rings is 1. The van der Waals surface area contributed by atoms with Gasteiger partial charge in [-0.2, -0.15) is 4.99 Å². The number of hydrogen-bond donors (Lipinski definition) is 0. The van der Waals surface area contributed by atoms with Gasteiger partial charge in [0.15, 0.2) is 0 Å². The number of isocyanates is 1. The summed E-state index contributed by atoms with van der Waals surface area (Å²) in [4.78, 5) is 13.7. The second kappa shape index (κ2) is 5.62. The van der Waals surface area contributed by atoms with Crippen LogP contribution in [0.2, 0.25) is 0 Å². The summed E-state index contributed by atoms with van der Waals surface area (Å²) in [5, 5.41) is 0. The molecule has 16 heavy (non-hydrogen) atoms. The zero-order valence-electron chi connectivity index (χ0n) is 9.48. The molecule has 0 unspecified atom stereocenters. The Morgan fingerprint density at radius 1 is 1.12 bits per heavy atom. The molecule has 0 N–H and O–H groups in total.